The third-order valence-electron chi connectivity index (χ3n) is 2.27. The van der Waals surface area contributed by atoms with Crippen LogP contribution in [0.1, 0.15) is 46.8 Å². The molecule has 0 aromatic carbocycles. The van der Waals surface area contributed by atoms with Gasteiger partial charge in [0.25, 0.3) is 0 Å². The summed E-state index contributed by atoms with van der Waals surface area (Å²) < 4.78 is 5.15. The predicted molar refractivity (Wildman–Crippen MR) is 63.6 cm³/mol. The molecular formula is C12H18O2S. The van der Waals surface area contributed by atoms with Gasteiger partial charge in [0.1, 0.15) is 4.88 Å². The van der Waals surface area contributed by atoms with Gasteiger partial charge in [0.15, 0.2) is 0 Å². The van der Waals surface area contributed by atoms with Crippen LogP contribution in [-0.4, -0.2) is 12.6 Å². The standard InChI is InChI=1S/C12H18O2S/c1-4-6-7-14-12(13)11-8-9(3)10(5-2)15-11/h8H,4-7H2,1-3H3. The van der Waals surface area contributed by atoms with Gasteiger partial charge in [0.05, 0.1) is 6.61 Å². The molecule has 0 spiro atoms. The van der Waals surface area contributed by atoms with Crippen LogP contribution in [0.5, 0.6) is 0 Å². The molecule has 0 unspecified atom stereocenters. The highest BCUT2D eigenvalue weighted by Crippen LogP contribution is 2.22. The van der Waals surface area contributed by atoms with E-state index in [0.717, 1.165) is 24.1 Å². The van der Waals surface area contributed by atoms with Crippen LogP contribution in [0.3, 0.4) is 0 Å². The zero-order chi connectivity index (χ0) is 11.3. The molecule has 0 aliphatic rings. The molecule has 3 heteroatoms. The van der Waals surface area contributed by atoms with Crippen molar-refractivity contribution in [3.8, 4) is 0 Å². The lowest BCUT2D eigenvalue weighted by Gasteiger charge is -2.00. The third kappa shape index (κ3) is 3.34. The fourth-order valence-electron chi connectivity index (χ4n) is 1.35. The van der Waals surface area contributed by atoms with Gasteiger partial charge < -0.3 is 4.74 Å². The van der Waals surface area contributed by atoms with Crippen molar-refractivity contribution in [1.82, 2.24) is 0 Å². The summed E-state index contributed by atoms with van der Waals surface area (Å²) >= 11 is 1.55. The summed E-state index contributed by atoms with van der Waals surface area (Å²) in [6.07, 6.45) is 2.98. The van der Waals surface area contributed by atoms with Crippen molar-refractivity contribution in [3.63, 3.8) is 0 Å². The normalized spacial score (nSPS) is 10.3. The van der Waals surface area contributed by atoms with Crippen molar-refractivity contribution in [2.75, 3.05) is 6.61 Å². The minimum absolute atomic E-state index is 0.170. The molecule has 1 aromatic heterocycles. The summed E-state index contributed by atoms with van der Waals surface area (Å²) in [4.78, 5) is 13.6. The fraction of sp³-hybridized carbons (Fsp3) is 0.583. The lowest BCUT2D eigenvalue weighted by atomic mass is 10.2. The Balaban J connectivity index is 2.58. The number of carbonyl (C=O) groups is 1. The first-order valence-corrected chi connectivity index (χ1v) is 6.27. The minimum atomic E-state index is -0.170. The van der Waals surface area contributed by atoms with Crippen molar-refractivity contribution >= 4 is 17.3 Å². The summed E-state index contributed by atoms with van der Waals surface area (Å²) in [5.74, 6) is -0.170. The molecule has 1 aromatic rings. The van der Waals surface area contributed by atoms with Gasteiger partial charge in [-0.15, -0.1) is 11.3 Å². The van der Waals surface area contributed by atoms with Crippen molar-refractivity contribution in [3.05, 3.63) is 21.4 Å². The molecule has 0 bridgehead atoms. The van der Waals surface area contributed by atoms with Crippen LogP contribution in [0.25, 0.3) is 0 Å². The fourth-order valence-corrected chi connectivity index (χ4v) is 2.36. The molecule has 0 fully saturated rings. The van der Waals surface area contributed by atoms with Crippen LogP contribution < -0.4 is 0 Å². The number of ether oxygens (including phenoxy) is 1. The number of hydrogen-bond donors (Lipinski definition) is 0. The van der Waals surface area contributed by atoms with Crippen LogP contribution in [0.2, 0.25) is 0 Å². The van der Waals surface area contributed by atoms with Crippen LogP contribution in [-0.2, 0) is 11.2 Å². The molecule has 0 saturated heterocycles. The molecule has 0 radical (unpaired) electrons. The molecule has 0 atom stereocenters. The van der Waals surface area contributed by atoms with Crippen molar-refractivity contribution in [2.45, 2.75) is 40.0 Å². The molecule has 1 rings (SSSR count). The lowest BCUT2D eigenvalue weighted by Crippen LogP contribution is -2.04. The number of hydrogen-bond acceptors (Lipinski definition) is 3. The summed E-state index contributed by atoms with van der Waals surface area (Å²) in [5.41, 5.74) is 1.20. The van der Waals surface area contributed by atoms with Crippen molar-refractivity contribution in [1.29, 1.82) is 0 Å². The Bertz CT molecular complexity index is 328. The van der Waals surface area contributed by atoms with E-state index in [-0.39, 0.29) is 5.97 Å². The van der Waals surface area contributed by atoms with Gasteiger partial charge in [-0.1, -0.05) is 20.3 Å². The van der Waals surface area contributed by atoms with Crippen molar-refractivity contribution < 1.29 is 9.53 Å². The highest BCUT2D eigenvalue weighted by atomic mass is 32.1. The van der Waals surface area contributed by atoms with Crippen LogP contribution in [0.15, 0.2) is 6.07 Å². The SMILES string of the molecule is CCCCOC(=O)c1cc(C)c(CC)s1. The Morgan fingerprint density at radius 1 is 1.47 bits per heavy atom. The van der Waals surface area contributed by atoms with Gasteiger partial charge in [0, 0.05) is 4.88 Å². The smallest absolute Gasteiger partial charge is 0.348 e. The van der Waals surface area contributed by atoms with Gasteiger partial charge in [-0.3, -0.25) is 0 Å². The lowest BCUT2D eigenvalue weighted by molar-refractivity contribution is 0.0505. The number of aryl methyl sites for hydroxylation is 2. The molecule has 0 aliphatic heterocycles. The summed E-state index contributed by atoms with van der Waals surface area (Å²) in [6, 6.07) is 1.93. The highest BCUT2D eigenvalue weighted by molar-refractivity contribution is 7.14. The largest absolute Gasteiger partial charge is 0.462 e. The van der Waals surface area contributed by atoms with E-state index in [1.165, 1.54) is 10.4 Å². The minimum Gasteiger partial charge on any atom is -0.462 e. The summed E-state index contributed by atoms with van der Waals surface area (Å²) in [6.45, 7) is 6.76. The number of unbranched alkanes of at least 4 members (excludes halogenated alkanes) is 1. The second kappa shape index (κ2) is 5.91. The molecule has 0 N–H and O–H groups in total. The Labute approximate surface area is 95.3 Å². The summed E-state index contributed by atoms with van der Waals surface area (Å²) in [5, 5.41) is 0. The first-order chi connectivity index (χ1) is 7.19. The predicted octanol–water partition coefficient (Wildman–Crippen LogP) is 3.58. The number of thiophene rings is 1. The molecule has 0 saturated carbocycles. The van der Waals surface area contributed by atoms with E-state index in [9.17, 15) is 4.79 Å². The van der Waals surface area contributed by atoms with Gasteiger partial charge in [0.2, 0.25) is 0 Å². The Morgan fingerprint density at radius 3 is 2.73 bits per heavy atom. The molecule has 0 amide bonds. The van der Waals surface area contributed by atoms with Gasteiger partial charge in [-0.05, 0) is 31.4 Å². The maximum atomic E-state index is 11.6. The number of rotatable bonds is 5. The molecule has 1 heterocycles. The van der Waals surface area contributed by atoms with E-state index in [2.05, 4.69) is 13.8 Å². The van der Waals surface area contributed by atoms with E-state index in [4.69, 9.17) is 4.74 Å². The second-order valence-electron chi connectivity index (χ2n) is 3.56. The average Bonchev–Trinajstić information content (AvgIpc) is 2.60. The maximum Gasteiger partial charge on any atom is 0.348 e. The maximum absolute atomic E-state index is 11.6. The van der Waals surface area contributed by atoms with E-state index in [1.807, 2.05) is 13.0 Å². The molecule has 0 aliphatic carbocycles. The van der Waals surface area contributed by atoms with Gasteiger partial charge in [-0.25, -0.2) is 4.79 Å². The zero-order valence-electron chi connectivity index (χ0n) is 9.63. The first kappa shape index (κ1) is 12.2. The van der Waals surface area contributed by atoms with Crippen LogP contribution in [0.4, 0.5) is 0 Å². The quantitative estimate of drug-likeness (QED) is 0.566. The van der Waals surface area contributed by atoms with Crippen molar-refractivity contribution in [2.24, 2.45) is 0 Å². The molecular weight excluding hydrogens is 208 g/mol. The zero-order valence-corrected chi connectivity index (χ0v) is 10.4. The molecule has 84 valence electrons. The van der Waals surface area contributed by atoms with Crippen LogP contribution in [0, 0.1) is 6.92 Å². The molecule has 15 heavy (non-hydrogen) atoms. The highest BCUT2D eigenvalue weighted by Gasteiger charge is 2.12. The van der Waals surface area contributed by atoms with Gasteiger partial charge in [-0.2, -0.15) is 0 Å². The Hall–Kier alpha value is -0.830. The van der Waals surface area contributed by atoms with Crippen LogP contribution >= 0.6 is 11.3 Å². The van der Waals surface area contributed by atoms with Gasteiger partial charge >= 0.3 is 5.97 Å². The average molecular weight is 226 g/mol. The number of carbonyl (C=O) groups excluding carboxylic acids is 1. The first-order valence-electron chi connectivity index (χ1n) is 5.45. The molecule has 2 nitrogen and oxygen atoms in total. The van der Waals surface area contributed by atoms with E-state index in [1.54, 1.807) is 11.3 Å². The topological polar surface area (TPSA) is 26.3 Å². The third-order valence-corrected chi connectivity index (χ3v) is 3.64. The summed E-state index contributed by atoms with van der Waals surface area (Å²) in [7, 11) is 0. The Kier molecular flexibility index (Phi) is 4.82. The van der Waals surface area contributed by atoms with E-state index >= 15 is 0 Å². The van der Waals surface area contributed by atoms with E-state index in [0.29, 0.717) is 6.61 Å². The number of esters is 1. The monoisotopic (exact) mass is 226 g/mol. The second-order valence-corrected chi connectivity index (χ2v) is 4.70. The van der Waals surface area contributed by atoms with E-state index < -0.39 is 0 Å². The Morgan fingerprint density at radius 2 is 2.20 bits per heavy atom.